The Bertz CT molecular complexity index is 323. The van der Waals surface area contributed by atoms with Crippen molar-refractivity contribution in [2.75, 3.05) is 6.61 Å². The van der Waals surface area contributed by atoms with Crippen LogP contribution >= 0.6 is 0 Å². The molecule has 1 unspecified atom stereocenters. The fourth-order valence-electron chi connectivity index (χ4n) is 2.10. The third-order valence-electron chi connectivity index (χ3n) is 3.08. The van der Waals surface area contributed by atoms with E-state index in [0.717, 1.165) is 0 Å². The van der Waals surface area contributed by atoms with Gasteiger partial charge in [-0.3, -0.25) is 4.90 Å². The van der Waals surface area contributed by atoms with Crippen LogP contribution in [-0.2, 0) is 9.47 Å². The van der Waals surface area contributed by atoms with Gasteiger partial charge in [0.05, 0.1) is 12.6 Å². The average molecular weight is 257 g/mol. The molecule has 0 aromatic heterocycles. The van der Waals surface area contributed by atoms with Crippen LogP contribution in [0.1, 0.15) is 55.4 Å². The minimum atomic E-state index is -0.611. The number of carbonyl (C=O) groups is 1. The molecule has 1 fully saturated rings. The summed E-state index contributed by atoms with van der Waals surface area (Å²) in [6.07, 6.45) is -0.301. The Balaban J connectivity index is 2.96. The lowest BCUT2D eigenvalue weighted by molar-refractivity contribution is -0.0665. The highest BCUT2D eigenvalue weighted by Gasteiger charge is 2.49. The molecule has 0 N–H and O–H groups in total. The second kappa shape index (κ2) is 4.41. The summed E-state index contributed by atoms with van der Waals surface area (Å²) in [6.45, 7) is 16.3. The molecule has 1 aliphatic rings. The lowest BCUT2D eigenvalue weighted by atomic mass is 9.86. The predicted octanol–water partition coefficient (Wildman–Crippen LogP) is 3.40. The SMILES string of the molecule is CC(C)(C)OC(=O)N1C(C(C)(C)C)COC1(C)C. The molecule has 0 radical (unpaired) electrons. The van der Waals surface area contributed by atoms with Crippen molar-refractivity contribution in [3.8, 4) is 0 Å². The highest BCUT2D eigenvalue weighted by atomic mass is 16.6. The molecule has 1 saturated heterocycles. The molecule has 0 aromatic carbocycles. The number of nitrogens with zero attached hydrogens (tertiary/aromatic N) is 1. The first-order valence-corrected chi connectivity index (χ1v) is 6.51. The van der Waals surface area contributed by atoms with Crippen LogP contribution in [0, 0.1) is 5.41 Å². The van der Waals surface area contributed by atoms with E-state index in [0.29, 0.717) is 6.61 Å². The zero-order chi connectivity index (χ0) is 14.4. The molecule has 4 nitrogen and oxygen atoms in total. The summed E-state index contributed by atoms with van der Waals surface area (Å²) in [5, 5.41) is 0. The van der Waals surface area contributed by atoms with Gasteiger partial charge in [-0.05, 0) is 40.0 Å². The average Bonchev–Trinajstić information content (AvgIpc) is 2.36. The van der Waals surface area contributed by atoms with Gasteiger partial charge in [-0.15, -0.1) is 0 Å². The first-order valence-electron chi connectivity index (χ1n) is 6.51. The summed E-state index contributed by atoms with van der Waals surface area (Å²) < 4.78 is 11.2. The largest absolute Gasteiger partial charge is 0.444 e. The Hall–Kier alpha value is -0.770. The number of carbonyl (C=O) groups excluding carboxylic acids is 1. The van der Waals surface area contributed by atoms with E-state index in [2.05, 4.69) is 20.8 Å². The highest BCUT2D eigenvalue weighted by molar-refractivity contribution is 5.70. The van der Waals surface area contributed by atoms with Crippen LogP contribution in [0.5, 0.6) is 0 Å². The van der Waals surface area contributed by atoms with E-state index < -0.39 is 11.3 Å². The molecule has 0 saturated carbocycles. The summed E-state index contributed by atoms with van der Waals surface area (Å²) in [6, 6.07) is 0.0300. The summed E-state index contributed by atoms with van der Waals surface area (Å²) in [7, 11) is 0. The number of rotatable bonds is 0. The fraction of sp³-hybridized carbons (Fsp3) is 0.929. The van der Waals surface area contributed by atoms with Crippen LogP contribution in [0.15, 0.2) is 0 Å². The van der Waals surface area contributed by atoms with Gasteiger partial charge >= 0.3 is 6.09 Å². The Morgan fingerprint density at radius 1 is 1.22 bits per heavy atom. The van der Waals surface area contributed by atoms with E-state index in [1.807, 2.05) is 34.6 Å². The molecular weight excluding hydrogens is 230 g/mol. The third-order valence-corrected chi connectivity index (χ3v) is 3.08. The molecule has 106 valence electrons. The molecular formula is C14H27NO3. The van der Waals surface area contributed by atoms with Gasteiger partial charge in [0.25, 0.3) is 0 Å². The van der Waals surface area contributed by atoms with E-state index in [1.54, 1.807) is 4.90 Å². The van der Waals surface area contributed by atoms with Crippen LogP contribution < -0.4 is 0 Å². The van der Waals surface area contributed by atoms with E-state index in [4.69, 9.17) is 9.47 Å². The van der Waals surface area contributed by atoms with Gasteiger partial charge in [0.2, 0.25) is 0 Å². The first kappa shape index (κ1) is 15.3. The zero-order valence-corrected chi connectivity index (χ0v) is 13.0. The third kappa shape index (κ3) is 3.37. The van der Waals surface area contributed by atoms with E-state index in [9.17, 15) is 4.79 Å². The van der Waals surface area contributed by atoms with Crippen LogP contribution in [0.3, 0.4) is 0 Å². The summed E-state index contributed by atoms with van der Waals surface area (Å²) >= 11 is 0. The van der Waals surface area contributed by atoms with Gasteiger partial charge in [0.1, 0.15) is 11.3 Å². The Kier molecular flexibility index (Phi) is 3.74. The van der Waals surface area contributed by atoms with Crippen molar-refractivity contribution in [2.45, 2.75) is 72.8 Å². The summed E-state index contributed by atoms with van der Waals surface area (Å²) in [4.78, 5) is 14.1. The maximum Gasteiger partial charge on any atom is 0.412 e. The maximum atomic E-state index is 12.4. The van der Waals surface area contributed by atoms with E-state index in [1.165, 1.54) is 0 Å². The number of hydrogen-bond acceptors (Lipinski definition) is 3. The molecule has 0 bridgehead atoms. The van der Waals surface area contributed by atoms with E-state index >= 15 is 0 Å². The van der Waals surface area contributed by atoms with Gasteiger partial charge < -0.3 is 9.47 Å². The van der Waals surface area contributed by atoms with Gasteiger partial charge in [-0.2, -0.15) is 0 Å². The van der Waals surface area contributed by atoms with Crippen molar-refractivity contribution in [3.05, 3.63) is 0 Å². The van der Waals surface area contributed by atoms with Crippen molar-refractivity contribution in [1.82, 2.24) is 4.90 Å². The Morgan fingerprint density at radius 3 is 2.11 bits per heavy atom. The van der Waals surface area contributed by atoms with Gasteiger partial charge in [-0.25, -0.2) is 4.79 Å². The molecule has 1 aliphatic heterocycles. The van der Waals surface area contributed by atoms with Crippen molar-refractivity contribution in [1.29, 1.82) is 0 Å². The highest BCUT2D eigenvalue weighted by Crippen LogP contribution is 2.37. The van der Waals surface area contributed by atoms with Crippen molar-refractivity contribution < 1.29 is 14.3 Å². The van der Waals surface area contributed by atoms with Crippen molar-refractivity contribution in [3.63, 3.8) is 0 Å². The summed E-state index contributed by atoms with van der Waals surface area (Å²) in [5.74, 6) is 0. The normalized spacial score (nSPS) is 24.2. The van der Waals surface area contributed by atoms with Gasteiger partial charge in [-0.1, -0.05) is 20.8 Å². The van der Waals surface area contributed by atoms with Crippen LogP contribution in [0.2, 0.25) is 0 Å². The molecule has 18 heavy (non-hydrogen) atoms. The molecule has 1 heterocycles. The van der Waals surface area contributed by atoms with Crippen molar-refractivity contribution in [2.24, 2.45) is 5.41 Å². The standard InChI is InChI=1S/C14H27NO3/c1-12(2,3)10-9-17-14(7,8)15(10)11(16)18-13(4,5)6/h10H,9H2,1-8H3. The second-order valence-electron chi connectivity index (χ2n) is 7.49. The molecule has 4 heteroatoms. The number of hydrogen-bond donors (Lipinski definition) is 0. The number of ether oxygens (including phenoxy) is 2. The quantitative estimate of drug-likeness (QED) is 0.667. The molecule has 1 rings (SSSR count). The molecule has 0 aromatic rings. The lowest BCUT2D eigenvalue weighted by Gasteiger charge is -2.39. The van der Waals surface area contributed by atoms with Crippen LogP contribution in [-0.4, -0.2) is 35.0 Å². The van der Waals surface area contributed by atoms with Crippen molar-refractivity contribution >= 4 is 6.09 Å². The lowest BCUT2D eigenvalue weighted by Crippen LogP contribution is -2.53. The van der Waals surface area contributed by atoms with Gasteiger partial charge in [0, 0.05) is 0 Å². The smallest absolute Gasteiger partial charge is 0.412 e. The molecule has 0 spiro atoms. The topological polar surface area (TPSA) is 38.8 Å². The van der Waals surface area contributed by atoms with Gasteiger partial charge in [0.15, 0.2) is 0 Å². The monoisotopic (exact) mass is 257 g/mol. The Morgan fingerprint density at radius 2 is 1.72 bits per heavy atom. The van der Waals surface area contributed by atoms with Crippen LogP contribution in [0.25, 0.3) is 0 Å². The maximum absolute atomic E-state index is 12.4. The number of amides is 1. The first-order chi connectivity index (χ1) is 7.84. The minimum Gasteiger partial charge on any atom is -0.444 e. The van der Waals surface area contributed by atoms with E-state index in [-0.39, 0.29) is 17.6 Å². The Labute approximate surface area is 111 Å². The predicted molar refractivity (Wildman–Crippen MR) is 71.3 cm³/mol. The molecule has 1 atom stereocenters. The zero-order valence-electron chi connectivity index (χ0n) is 13.0. The fourth-order valence-corrected chi connectivity index (χ4v) is 2.10. The minimum absolute atomic E-state index is 0.0300. The molecule has 0 aliphatic carbocycles. The molecule has 1 amide bonds. The summed E-state index contributed by atoms with van der Waals surface area (Å²) in [5.41, 5.74) is -1.14. The van der Waals surface area contributed by atoms with Crippen LogP contribution in [0.4, 0.5) is 4.79 Å². The second-order valence-corrected chi connectivity index (χ2v) is 7.49.